The van der Waals surface area contributed by atoms with Crippen LogP contribution >= 0.6 is 11.3 Å². The van der Waals surface area contributed by atoms with Crippen LogP contribution in [0.25, 0.3) is 0 Å². The normalized spacial score (nSPS) is 17.6. The fourth-order valence-electron chi connectivity index (χ4n) is 2.03. The Morgan fingerprint density at radius 1 is 1.32 bits per heavy atom. The van der Waals surface area contributed by atoms with Crippen LogP contribution in [0, 0.1) is 0 Å². The molecule has 2 rings (SSSR count). The second-order valence-corrected chi connectivity index (χ2v) is 7.95. The van der Waals surface area contributed by atoms with Crippen molar-refractivity contribution in [2.24, 2.45) is 0 Å². The van der Waals surface area contributed by atoms with E-state index in [1.165, 1.54) is 17.6 Å². The van der Waals surface area contributed by atoms with Crippen molar-refractivity contribution in [2.75, 3.05) is 44.7 Å². The largest absolute Gasteiger partial charge is 0.335 e. The molecule has 7 heteroatoms. The lowest BCUT2D eigenvalue weighted by atomic mass is 10.3. The molecule has 1 aromatic heterocycles. The average Bonchev–Trinajstić information content (AvgIpc) is 2.89. The van der Waals surface area contributed by atoms with E-state index in [9.17, 15) is 13.2 Å². The minimum absolute atomic E-state index is 0.0813. The van der Waals surface area contributed by atoms with Crippen molar-refractivity contribution in [3.05, 3.63) is 22.4 Å². The number of carbonyl (C=O) groups is 1. The number of carbonyl (C=O) groups excluding carboxylic acids is 1. The van der Waals surface area contributed by atoms with Crippen LogP contribution in [0.1, 0.15) is 9.67 Å². The van der Waals surface area contributed by atoms with Crippen LogP contribution in [0.3, 0.4) is 0 Å². The molecule has 0 spiro atoms. The van der Waals surface area contributed by atoms with Gasteiger partial charge < -0.3 is 4.90 Å². The molecule has 0 bridgehead atoms. The number of piperazine rings is 1. The van der Waals surface area contributed by atoms with Crippen LogP contribution in [0.15, 0.2) is 17.5 Å². The molecular weight excluding hydrogens is 284 g/mol. The number of hydrogen-bond donors (Lipinski definition) is 0. The van der Waals surface area contributed by atoms with Gasteiger partial charge in [-0.05, 0) is 11.4 Å². The minimum Gasteiger partial charge on any atom is -0.335 e. The van der Waals surface area contributed by atoms with E-state index in [0.29, 0.717) is 19.6 Å². The fraction of sp³-hybridized carbons (Fsp3) is 0.583. The van der Waals surface area contributed by atoms with Crippen LogP contribution in [-0.2, 0) is 9.84 Å². The molecule has 1 fully saturated rings. The van der Waals surface area contributed by atoms with E-state index in [4.69, 9.17) is 0 Å². The monoisotopic (exact) mass is 302 g/mol. The number of sulfone groups is 1. The van der Waals surface area contributed by atoms with Crippen molar-refractivity contribution in [3.8, 4) is 0 Å². The second kappa shape index (κ2) is 6.02. The van der Waals surface area contributed by atoms with Gasteiger partial charge in [0.1, 0.15) is 9.84 Å². The molecule has 1 saturated heterocycles. The Hall–Kier alpha value is -0.920. The van der Waals surface area contributed by atoms with Crippen molar-refractivity contribution in [3.63, 3.8) is 0 Å². The standard InChI is InChI=1S/C12H18N2O3S2/c1-19(16,17)10-8-13-4-6-14(7-5-13)12(15)11-3-2-9-18-11/h2-3,9H,4-8,10H2,1H3. The van der Waals surface area contributed by atoms with E-state index >= 15 is 0 Å². The van der Waals surface area contributed by atoms with E-state index in [1.807, 2.05) is 22.4 Å². The molecule has 1 aliphatic heterocycles. The highest BCUT2D eigenvalue weighted by atomic mass is 32.2. The van der Waals surface area contributed by atoms with Gasteiger partial charge in [0.25, 0.3) is 5.91 Å². The lowest BCUT2D eigenvalue weighted by Crippen LogP contribution is -2.49. The third-order valence-electron chi connectivity index (χ3n) is 3.17. The molecule has 0 unspecified atom stereocenters. The molecule has 1 aliphatic rings. The molecule has 0 atom stereocenters. The predicted octanol–water partition coefficient (Wildman–Crippen LogP) is 0.551. The fourth-order valence-corrected chi connectivity index (χ4v) is 3.31. The van der Waals surface area contributed by atoms with Gasteiger partial charge in [-0.25, -0.2) is 8.42 Å². The zero-order chi connectivity index (χ0) is 13.9. The second-order valence-electron chi connectivity index (χ2n) is 4.74. The van der Waals surface area contributed by atoms with Crippen molar-refractivity contribution in [1.29, 1.82) is 0 Å². The van der Waals surface area contributed by atoms with E-state index in [2.05, 4.69) is 4.90 Å². The van der Waals surface area contributed by atoms with Gasteiger partial charge in [0, 0.05) is 39.0 Å². The molecule has 19 heavy (non-hydrogen) atoms. The first-order valence-electron chi connectivity index (χ1n) is 6.18. The summed E-state index contributed by atoms with van der Waals surface area (Å²) in [5.74, 6) is 0.268. The average molecular weight is 302 g/mol. The van der Waals surface area contributed by atoms with E-state index in [-0.39, 0.29) is 11.7 Å². The van der Waals surface area contributed by atoms with Crippen molar-refractivity contribution < 1.29 is 13.2 Å². The van der Waals surface area contributed by atoms with Gasteiger partial charge in [0.2, 0.25) is 0 Å². The van der Waals surface area contributed by atoms with E-state index in [0.717, 1.165) is 18.0 Å². The summed E-state index contributed by atoms with van der Waals surface area (Å²) in [4.78, 5) is 16.8. The molecule has 0 aliphatic carbocycles. The third kappa shape index (κ3) is 4.29. The molecule has 0 radical (unpaired) electrons. The molecule has 1 amide bonds. The van der Waals surface area contributed by atoms with Crippen LogP contribution in [0.2, 0.25) is 0 Å². The Labute approximate surface area is 117 Å². The number of nitrogens with zero attached hydrogens (tertiary/aromatic N) is 2. The number of amides is 1. The highest BCUT2D eigenvalue weighted by Gasteiger charge is 2.22. The van der Waals surface area contributed by atoms with Gasteiger partial charge in [-0.1, -0.05) is 6.07 Å². The summed E-state index contributed by atoms with van der Waals surface area (Å²) in [5, 5.41) is 1.90. The first kappa shape index (κ1) is 14.5. The Morgan fingerprint density at radius 3 is 2.53 bits per heavy atom. The molecule has 1 aromatic rings. The highest BCUT2D eigenvalue weighted by molar-refractivity contribution is 7.90. The topological polar surface area (TPSA) is 57.7 Å². The summed E-state index contributed by atoms with van der Waals surface area (Å²) in [5.41, 5.74) is 0. The summed E-state index contributed by atoms with van der Waals surface area (Å²) >= 11 is 1.45. The SMILES string of the molecule is CS(=O)(=O)CCN1CCN(C(=O)c2cccs2)CC1. The Bertz CT molecular complexity index is 517. The Balaban J connectivity index is 1.81. The van der Waals surface area contributed by atoms with Crippen LogP contribution in [-0.4, -0.2) is 68.9 Å². The van der Waals surface area contributed by atoms with Gasteiger partial charge in [0.05, 0.1) is 10.6 Å². The molecule has 106 valence electrons. The molecule has 0 saturated carbocycles. The summed E-state index contributed by atoms with van der Waals surface area (Å²) in [6, 6.07) is 3.71. The number of thiophene rings is 1. The number of rotatable bonds is 4. The molecule has 0 N–H and O–H groups in total. The summed E-state index contributed by atoms with van der Waals surface area (Å²) < 4.78 is 22.2. The van der Waals surface area contributed by atoms with Crippen molar-refractivity contribution in [2.45, 2.75) is 0 Å². The first-order chi connectivity index (χ1) is 8.96. The number of hydrogen-bond acceptors (Lipinski definition) is 5. The van der Waals surface area contributed by atoms with Gasteiger partial charge in [-0.2, -0.15) is 0 Å². The Morgan fingerprint density at radius 2 is 2.00 bits per heavy atom. The minimum atomic E-state index is -2.91. The molecular formula is C12H18N2O3S2. The third-order valence-corrected chi connectivity index (χ3v) is 4.95. The predicted molar refractivity (Wildman–Crippen MR) is 76.4 cm³/mol. The lowest BCUT2D eigenvalue weighted by Gasteiger charge is -2.34. The van der Waals surface area contributed by atoms with Crippen molar-refractivity contribution in [1.82, 2.24) is 9.80 Å². The molecule has 5 nitrogen and oxygen atoms in total. The maximum Gasteiger partial charge on any atom is 0.264 e. The van der Waals surface area contributed by atoms with E-state index in [1.54, 1.807) is 0 Å². The smallest absolute Gasteiger partial charge is 0.264 e. The molecule has 2 heterocycles. The van der Waals surface area contributed by atoms with Gasteiger partial charge in [-0.3, -0.25) is 9.69 Å². The maximum atomic E-state index is 12.1. The zero-order valence-corrected chi connectivity index (χ0v) is 12.5. The van der Waals surface area contributed by atoms with Crippen LogP contribution in [0.5, 0.6) is 0 Å². The highest BCUT2D eigenvalue weighted by Crippen LogP contribution is 2.13. The summed E-state index contributed by atoms with van der Waals surface area (Å²) in [7, 11) is -2.91. The van der Waals surface area contributed by atoms with Crippen LogP contribution in [0.4, 0.5) is 0 Å². The van der Waals surface area contributed by atoms with Crippen LogP contribution < -0.4 is 0 Å². The maximum absolute atomic E-state index is 12.1. The summed E-state index contributed by atoms with van der Waals surface area (Å²) in [6.07, 6.45) is 1.25. The van der Waals surface area contributed by atoms with E-state index < -0.39 is 9.84 Å². The lowest BCUT2D eigenvalue weighted by molar-refractivity contribution is 0.0649. The Kier molecular flexibility index (Phi) is 4.59. The van der Waals surface area contributed by atoms with Gasteiger partial charge in [-0.15, -0.1) is 11.3 Å². The van der Waals surface area contributed by atoms with Gasteiger partial charge >= 0.3 is 0 Å². The van der Waals surface area contributed by atoms with Crippen molar-refractivity contribution >= 4 is 27.1 Å². The molecule has 0 aromatic carbocycles. The summed E-state index contributed by atoms with van der Waals surface area (Å²) in [6.45, 7) is 3.38. The first-order valence-corrected chi connectivity index (χ1v) is 9.12. The quantitative estimate of drug-likeness (QED) is 0.815. The zero-order valence-electron chi connectivity index (χ0n) is 10.9. The van der Waals surface area contributed by atoms with Gasteiger partial charge in [0.15, 0.2) is 0 Å².